The van der Waals surface area contributed by atoms with Crippen LogP contribution in [0.1, 0.15) is 36.0 Å². The number of carbonyl (C=O) groups is 3. The molecule has 1 saturated carbocycles. The van der Waals surface area contributed by atoms with E-state index in [1.165, 1.54) is 4.90 Å². The average molecular weight is 356 g/mol. The normalized spacial score (nSPS) is 22.9. The fourth-order valence-corrected chi connectivity index (χ4v) is 4.18. The lowest BCUT2D eigenvalue weighted by molar-refractivity contribution is -0.132. The van der Waals surface area contributed by atoms with Crippen LogP contribution in [0.5, 0.6) is 0 Å². The lowest BCUT2D eigenvalue weighted by Gasteiger charge is -2.36. The fraction of sp³-hybridized carbons (Fsp3) is 0.526. The Kier molecular flexibility index (Phi) is 4.40. The highest BCUT2D eigenvalue weighted by atomic mass is 16.2. The van der Waals surface area contributed by atoms with Crippen LogP contribution in [-0.4, -0.2) is 70.9 Å². The summed E-state index contributed by atoms with van der Waals surface area (Å²) in [6.45, 7) is 2.82. The average Bonchev–Trinajstić information content (AvgIpc) is 3.23. The SMILES string of the molecule is O=C(c1ccccc1)N1CCN(CN2C(=O)NC3(CCCC3)C2=O)CC1. The van der Waals surface area contributed by atoms with Crippen molar-refractivity contribution < 1.29 is 14.4 Å². The van der Waals surface area contributed by atoms with Crippen molar-refractivity contribution in [2.75, 3.05) is 32.8 Å². The number of carbonyl (C=O) groups excluding carboxylic acids is 3. The summed E-state index contributed by atoms with van der Waals surface area (Å²) in [5.41, 5.74) is 0.0422. The minimum Gasteiger partial charge on any atom is -0.336 e. The van der Waals surface area contributed by atoms with Gasteiger partial charge in [0, 0.05) is 31.7 Å². The van der Waals surface area contributed by atoms with E-state index in [1.54, 1.807) is 0 Å². The van der Waals surface area contributed by atoms with E-state index in [0.717, 1.165) is 25.7 Å². The molecule has 0 aromatic heterocycles. The Bertz CT molecular complexity index is 707. The predicted octanol–water partition coefficient (Wildman–Crippen LogP) is 1.27. The molecule has 2 saturated heterocycles. The molecule has 0 atom stereocenters. The highest BCUT2D eigenvalue weighted by molar-refractivity contribution is 6.07. The molecule has 0 radical (unpaired) electrons. The Morgan fingerprint density at radius 2 is 1.65 bits per heavy atom. The fourth-order valence-electron chi connectivity index (χ4n) is 4.18. The van der Waals surface area contributed by atoms with E-state index in [9.17, 15) is 14.4 Å². The molecule has 1 spiro atoms. The van der Waals surface area contributed by atoms with Gasteiger partial charge in [-0.15, -0.1) is 0 Å². The number of nitrogens with one attached hydrogen (secondary N) is 1. The van der Waals surface area contributed by atoms with Gasteiger partial charge in [0.25, 0.3) is 11.8 Å². The van der Waals surface area contributed by atoms with E-state index in [2.05, 4.69) is 10.2 Å². The second kappa shape index (κ2) is 6.72. The summed E-state index contributed by atoms with van der Waals surface area (Å²) >= 11 is 0. The second-order valence-electron chi connectivity index (χ2n) is 7.37. The topological polar surface area (TPSA) is 73.0 Å². The third-order valence-corrected chi connectivity index (χ3v) is 5.72. The summed E-state index contributed by atoms with van der Waals surface area (Å²) in [5, 5.41) is 2.91. The molecule has 0 unspecified atom stereocenters. The molecular formula is C19H24N4O3. The monoisotopic (exact) mass is 356 g/mol. The Morgan fingerprint density at radius 1 is 1.00 bits per heavy atom. The molecule has 3 aliphatic rings. The van der Waals surface area contributed by atoms with Crippen LogP contribution in [0.4, 0.5) is 4.79 Å². The van der Waals surface area contributed by atoms with Gasteiger partial charge < -0.3 is 10.2 Å². The van der Waals surface area contributed by atoms with Crippen LogP contribution in [-0.2, 0) is 4.79 Å². The molecule has 2 heterocycles. The summed E-state index contributed by atoms with van der Waals surface area (Å²) in [6.07, 6.45) is 3.46. The molecule has 2 aliphatic heterocycles. The Morgan fingerprint density at radius 3 is 2.31 bits per heavy atom. The summed E-state index contributed by atoms with van der Waals surface area (Å²) < 4.78 is 0. The Hall–Kier alpha value is -2.41. The number of benzene rings is 1. The Balaban J connectivity index is 1.33. The molecule has 1 aromatic carbocycles. The standard InChI is InChI=1S/C19H24N4O3/c24-16(15-6-2-1-3-7-15)22-12-10-21(11-13-22)14-23-17(25)19(20-18(23)26)8-4-5-9-19/h1-3,6-7H,4-5,8-14H2,(H,20,26). The first-order valence-electron chi connectivity index (χ1n) is 9.30. The first-order valence-corrected chi connectivity index (χ1v) is 9.30. The minimum atomic E-state index is -0.651. The molecular weight excluding hydrogens is 332 g/mol. The highest BCUT2D eigenvalue weighted by Crippen LogP contribution is 2.35. The first-order chi connectivity index (χ1) is 12.6. The van der Waals surface area contributed by atoms with Crippen molar-refractivity contribution in [3.8, 4) is 0 Å². The van der Waals surface area contributed by atoms with Gasteiger partial charge >= 0.3 is 6.03 Å². The number of hydrogen-bond acceptors (Lipinski definition) is 4. The third-order valence-electron chi connectivity index (χ3n) is 5.72. The molecule has 1 N–H and O–H groups in total. The van der Waals surface area contributed by atoms with Crippen LogP contribution in [0.15, 0.2) is 30.3 Å². The molecule has 4 rings (SSSR count). The molecule has 0 bridgehead atoms. The summed E-state index contributed by atoms with van der Waals surface area (Å²) in [5.74, 6) is -0.0482. The van der Waals surface area contributed by atoms with E-state index in [0.29, 0.717) is 38.4 Å². The molecule has 7 heteroatoms. The van der Waals surface area contributed by atoms with Gasteiger partial charge in [0.1, 0.15) is 5.54 Å². The molecule has 26 heavy (non-hydrogen) atoms. The quantitative estimate of drug-likeness (QED) is 0.828. The molecule has 4 amide bonds. The van der Waals surface area contributed by atoms with E-state index < -0.39 is 5.54 Å². The van der Waals surface area contributed by atoms with Crippen LogP contribution in [0.25, 0.3) is 0 Å². The van der Waals surface area contributed by atoms with E-state index >= 15 is 0 Å². The van der Waals surface area contributed by atoms with Gasteiger partial charge in [-0.1, -0.05) is 31.0 Å². The van der Waals surface area contributed by atoms with Crippen LogP contribution in [0.3, 0.4) is 0 Å². The third kappa shape index (κ3) is 2.96. The smallest absolute Gasteiger partial charge is 0.326 e. The van der Waals surface area contributed by atoms with Crippen molar-refractivity contribution in [2.24, 2.45) is 0 Å². The maximum absolute atomic E-state index is 12.7. The van der Waals surface area contributed by atoms with Crippen molar-refractivity contribution in [3.63, 3.8) is 0 Å². The number of rotatable bonds is 3. The lowest BCUT2D eigenvalue weighted by atomic mass is 9.98. The van der Waals surface area contributed by atoms with Crippen molar-refractivity contribution in [2.45, 2.75) is 31.2 Å². The van der Waals surface area contributed by atoms with Gasteiger partial charge in [0.05, 0.1) is 6.67 Å². The van der Waals surface area contributed by atoms with Crippen molar-refractivity contribution in [1.29, 1.82) is 0 Å². The van der Waals surface area contributed by atoms with Crippen LogP contribution in [0.2, 0.25) is 0 Å². The van der Waals surface area contributed by atoms with Crippen LogP contribution in [0, 0.1) is 0 Å². The second-order valence-corrected chi connectivity index (χ2v) is 7.37. The molecule has 1 aromatic rings. The predicted molar refractivity (Wildman–Crippen MR) is 95.4 cm³/mol. The largest absolute Gasteiger partial charge is 0.336 e. The number of piperazine rings is 1. The maximum Gasteiger partial charge on any atom is 0.326 e. The van der Waals surface area contributed by atoms with Crippen molar-refractivity contribution >= 4 is 17.8 Å². The van der Waals surface area contributed by atoms with Crippen molar-refractivity contribution in [1.82, 2.24) is 20.0 Å². The van der Waals surface area contributed by atoms with Gasteiger partial charge in [0.15, 0.2) is 0 Å². The number of urea groups is 1. The zero-order valence-electron chi connectivity index (χ0n) is 14.8. The van der Waals surface area contributed by atoms with Gasteiger partial charge in [0.2, 0.25) is 0 Å². The molecule has 1 aliphatic carbocycles. The highest BCUT2D eigenvalue weighted by Gasteiger charge is 2.52. The molecule has 138 valence electrons. The van der Waals surface area contributed by atoms with Crippen LogP contribution >= 0.6 is 0 Å². The summed E-state index contributed by atoms with van der Waals surface area (Å²) in [6, 6.07) is 8.98. The van der Waals surface area contributed by atoms with Crippen molar-refractivity contribution in [3.05, 3.63) is 35.9 Å². The van der Waals surface area contributed by atoms with E-state index in [4.69, 9.17) is 0 Å². The van der Waals surface area contributed by atoms with Gasteiger partial charge in [-0.2, -0.15) is 0 Å². The van der Waals surface area contributed by atoms with Crippen LogP contribution < -0.4 is 5.32 Å². The zero-order valence-corrected chi connectivity index (χ0v) is 14.8. The first kappa shape index (κ1) is 17.0. The number of amides is 4. The molecule has 3 fully saturated rings. The zero-order chi connectivity index (χ0) is 18.1. The van der Waals surface area contributed by atoms with Gasteiger partial charge in [-0.25, -0.2) is 9.69 Å². The van der Waals surface area contributed by atoms with E-state index in [-0.39, 0.29) is 17.8 Å². The number of nitrogens with zero attached hydrogens (tertiary/aromatic N) is 3. The lowest BCUT2D eigenvalue weighted by Crippen LogP contribution is -2.53. The van der Waals surface area contributed by atoms with Gasteiger partial charge in [-0.05, 0) is 25.0 Å². The number of hydrogen-bond donors (Lipinski definition) is 1. The Labute approximate surface area is 152 Å². The molecule has 7 nitrogen and oxygen atoms in total. The maximum atomic E-state index is 12.7. The number of imide groups is 1. The van der Waals surface area contributed by atoms with E-state index in [1.807, 2.05) is 35.2 Å². The van der Waals surface area contributed by atoms with Gasteiger partial charge in [-0.3, -0.25) is 14.5 Å². The summed E-state index contributed by atoms with van der Waals surface area (Å²) in [7, 11) is 0. The minimum absolute atomic E-state index is 0.0325. The summed E-state index contributed by atoms with van der Waals surface area (Å²) in [4.78, 5) is 42.8.